The van der Waals surface area contributed by atoms with E-state index in [1.807, 2.05) is 37.3 Å². The van der Waals surface area contributed by atoms with Crippen LogP contribution in [0.1, 0.15) is 40.6 Å². The molecule has 29 heavy (non-hydrogen) atoms. The molecule has 0 N–H and O–H groups in total. The van der Waals surface area contributed by atoms with Gasteiger partial charge in [-0.15, -0.1) is 0 Å². The van der Waals surface area contributed by atoms with Crippen LogP contribution in [-0.4, -0.2) is 51.0 Å². The van der Waals surface area contributed by atoms with Crippen molar-refractivity contribution in [2.45, 2.75) is 37.6 Å². The second-order valence-corrected chi connectivity index (χ2v) is 8.09. The second-order valence-electron chi connectivity index (χ2n) is 8.09. The number of nitrogens with zero attached hydrogens (tertiary/aromatic N) is 3. The van der Waals surface area contributed by atoms with E-state index in [2.05, 4.69) is 0 Å². The molecule has 2 amide bonds. The lowest BCUT2D eigenvalue weighted by atomic mass is 10.1. The average molecular weight is 393 g/mol. The van der Waals surface area contributed by atoms with Crippen LogP contribution in [0.25, 0.3) is 0 Å². The first-order chi connectivity index (χ1) is 13.9. The molecule has 3 aliphatic heterocycles. The number of pyridine rings is 1. The van der Waals surface area contributed by atoms with E-state index in [9.17, 15) is 14.4 Å². The SMILES string of the molecule is Cc1ccc(C(=O)N2CC[C@@]34O[C@@H](c5ccccc5)CN3C(=O)C[C@@H]24)c(=O)n1C. The number of rotatable bonds is 2. The zero-order chi connectivity index (χ0) is 20.3. The van der Waals surface area contributed by atoms with Crippen molar-refractivity contribution in [1.29, 1.82) is 0 Å². The first-order valence-electron chi connectivity index (χ1n) is 9.93. The monoisotopic (exact) mass is 393 g/mol. The van der Waals surface area contributed by atoms with Gasteiger partial charge in [-0.3, -0.25) is 14.4 Å². The van der Waals surface area contributed by atoms with Crippen LogP contribution in [0, 0.1) is 6.92 Å². The van der Waals surface area contributed by atoms with Gasteiger partial charge in [0.05, 0.1) is 19.0 Å². The van der Waals surface area contributed by atoms with E-state index < -0.39 is 5.72 Å². The molecule has 3 aliphatic rings. The number of benzene rings is 1. The number of aromatic nitrogens is 1. The molecule has 150 valence electrons. The predicted octanol–water partition coefficient (Wildman–Crippen LogP) is 1.61. The summed E-state index contributed by atoms with van der Waals surface area (Å²) in [4.78, 5) is 42.1. The van der Waals surface area contributed by atoms with Crippen LogP contribution in [0.5, 0.6) is 0 Å². The summed E-state index contributed by atoms with van der Waals surface area (Å²) < 4.78 is 7.95. The number of hydrogen-bond donors (Lipinski definition) is 0. The fraction of sp³-hybridized carbons (Fsp3) is 0.409. The van der Waals surface area contributed by atoms with Gasteiger partial charge in [0, 0.05) is 25.7 Å². The van der Waals surface area contributed by atoms with Crippen molar-refractivity contribution in [3.8, 4) is 0 Å². The van der Waals surface area contributed by atoms with Crippen molar-refractivity contribution in [3.05, 3.63) is 69.6 Å². The molecule has 3 saturated heterocycles. The first-order valence-corrected chi connectivity index (χ1v) is 9.93. The van der Waals surface area contributed by atoms with E-state index >= 15 is 0 Å². The molecular formula is C22H23N3O4. The predicted molar refractivity (Wildman–Crippen MR) is 105 cm³/mol. The van der Waals surface area contributed by atoms with Gasteiger partial charge in [-0.2, -0.15) is 0 Å². The van der Waals surface area contributed by atoms with Crippen LogP contribution >= 0.6 is 0 Å². The Bertz CT molecular complexity index is 1060. The number of carbonyl (C=O) groups excluding carboxylic acids is 2. The van der Waals surface area contributed by atoms with Gasteiger partial charge in [-0.25, -0.2) is 0 Å². The van der Waals surface area contributed by atoms with Crippen molar-refractivity contribution >= 4 is 11.8 Å². The van der Waals surface area contributed by atoms with Gasteiger partial charge in [-0.05, 0) is 24.6 Å². The quantitative estimate of drug-likeness (QED) is 0.777. The average Bonchev–Trinajstić information content (AvgIpc) is 3.35. The Morgan fingerprint density at radius 2 is 1.90 bits per heavy atom. The Labute approximate surface area is 168 Å². The fourth-order valence-corrected chi connectivity index (χ4v) is 4.95. The number of amides is 2. The number of aryl methyl sites for hydroxylation is 1. The molecule has 4 heterocycles. The lowest BCUT2D eigenvalue weighted by Crippen LogP contribution is -2.49. The summed E-state index contributed by atoms with van der Waals surface area (Å²) in [5, 5.41) is 0. The molecule has 7 nitrogen and oxygen atoms in total. The van der Waals surface area contributed by atoms with Gasteiger partial charge in [0.1, 0.15) is 11.7 Å². The molecule has 0 aliphatic carbocycles. The standard InChI is InChI=1S/C22H23N3O4/c1-14-8-9-16(20(27)23(14)2)21(28)24-11-10-22-18(24)12-19(26)25(22)13-17(29-22)15-6-4-3-5-7-15/h3-9,17-18H,10-13H2,1-2H3/t17-,18-,22+/m1/s1. The fourth-order valence-electron chi connectivity index (χ4n) is 4.95. The third-order valence-corrected chi connectivity index (χ3v) is 6.65. The van der Waals surface area contributed by atoms with E-state index in [0.29, 0.717) is 19.5 Å². The van der Waals surface area contributed by atoms with E-state index in [4.69, 9.17) is 4.74 Å². The molecular weight excluding hydrogens is 370 g/mol. The van der Waals surface area contributed by atoms with Crippen LogP contribution in [0.4, 0.5) is 0 Å². The Morgan fingerprint density at radius 3 is 2.66 bits per heavy atom. The van der Waals surface area contributed by atoms with E-state index in [-0.39, 0.29) is 41.5 Å². The number of likely N-dealkylation sites (tertiary alicyclic amines) is 1. The van der Waals surface area contributed by atoms with Gasteiger partial charge >= 0.3 is 0 Å². The summed E-state index contributed by atoms with van der Waals surface area (Å²) in [6.45, 7) is 2.78. The molecule has 0 bridgehead atoms. The summed E-state index contributed by atoms with van der Waals surface area (Å²) in [6.07, 6.45) is 0.592. The summed E-state index contributed by atoms with van der Waals surface area (Å²) in [7, 11) is 1.66. The highest BCUT2D eigenvalue weighted by molar-refractivity contribution is 5.95. The van der Waals surface area contributed by atoms with Gasteiger partial charge in [-0.1, -0.05) is 30.3 Å². The zero-order valence-corrected chi connectivity index (χ0v) is 16.5. The Morgan fingerprint density at radius 1 is 1.14 bits per heavy atom. The smallest absolute Gasteiger partial charge is 0.263 e. The molecule has 3 fully saturated rings. The Hall–Kier alpha value is -2.93. The molecule has 1 aromatic heterocycles. The maximum Gasteiger partial charge on any atom is 0.263 e. The highest BCUT2D eigenvalue weighted by Crippen LogP contribution is 2.50. The highest BCUT2D eigenvalue weighted by atomic mass is 16.5. The zero-order valence-electron chi connectivity index (χ0n) is 16.5. The number of carbonyl (C=O) groups is 2. The van der Waals surface area contributed by atoms with Crippen molar-refractivity contribution in [2.24, 2.45) is 7.05 Å². The van der Waals surface area contributed by atoms with Crippen molar-refractivity contribution in [1.82, 2.24) is 14.4 Å². The number of ether oxygens (including phenoxy) is 1. The Kier molecular flexibility index (Phi) is 3.93. The molecule has 1 aromatic carbocycles. The minimum atomic E-state index is -0.789. The van der Waals surface area contributed by atoms with Crippen molar-refractivity contribution < 1.29 is 14.3 Å². The minimum absolute atomic E-state index is 0.00254. The maximum absolute atomic E-state index is 13.2. The largest absolute Gasteiger partial charge is 0.343 e. The molecule has 0 radical (unpaired) electrons. The van der Waals surface area contributed by atoms with E-state index in [1.54, 1.807) is 29.0 Å². The third-order valence-electron chi connectivity index (χ3n) is 6.65. The number of hydrogen-bond acceptors (Lipinski definition) is 4. The molecule has 1 spiro atoms. The summed E-state index contributed by atoms with van der Waals surface area (Å²) >= 11 is 0. The van der Waals surface area contributed by atoms with Crippen LogP contribution in [0.3, 0.4) is 0 Å². The Balaban J connectivity index is 1.47. The van der Waals surface area contributed by atoms with Crippen LogP contribution in [0.2, 0.25) is 0 Å². The summed E-state index contributed by atoms with van der Waals surface area (Å²) in [5.74, 6) is -0.323. The van der Waals surface area contributed by atoms with Gasteiger partial charge in [0.25, 0.3) is 11.5 Å². The van der Waals surface area contributed by atoms with Crippen LogP contribution < -0.4 is 5.56 Å². The lowest BCUT2D eigenvalue weighted by molar-refractivity contribution is -0.138. The molecule has 5 rings (SSSR count). The van der Waals surface area contributed by atoms with Crippen LogP contribution in [-0.2, 0) is 16.6 Å². The summed E-state index contributed by atoms with van der Waals surface area (Å²) in [6, 6.07) is 12.8. The molecule has 0 saturated carbocycles. The van der Waals surface area contributed by atoms with Gasteiger partial charge < -0.3 is 19.1 Å². The van der Waals surface area contributed by atoms with Crippen molar-refractivity contribution in [2.75, 3.05) is 13.1 Å². The minimum Gasteiger partial charge on any atom is -0.343 e. The second kappa shape index (κ2) is 6.29. The lowest BCUT2D eigenvalue weighted by Gasteiger charge is -2.32. The third kappa shape index (κ3) is 2.50. The first kappa shape index (κ1) is 18.1. The van der Waals surface area contributed by atoms with E-state index in [1.165, 1.54) is 4.57 Å². The normalized spacial score (nSPS) is 28.0. The maximum atomic E-state index is 13.2. The van der Waals surface area contributed by atoms with E-state index in [0.717, 1.165) is 11.3 Å². The topological polar surface area (TPSA) is 71.8 Å². The van der Waals surface area contributed by atoms with Crippen LogP contribution in [0.15, 0.2) is 47.3 Å². The van der Waals surface area contributed by atoms with Crippen molar-refractivity contribution in [3.63, 3.8) is 0 Å². The van der Waals surface area contributed by atoms with Gasteiger partial charge in [0.15, 0.2) is 5.72 Å². The molecule has 0 unspecified atom stereocenters. The highest BCUT2D eigenvalue weighted by Gasteiger charge is 2.65. The molecule has 7 heteroatoms. The molecule has 3 atom stereocenters. The summed E-state index contributed by atoms with van der Waals surface area (Å²) in [5.41, 5.74) is 0.852. The van der Waals surface area contributed by atoms with Gasteiger partial charge in [0.2, 0.25) is 5.91 Å². The molecule has 2 aromatic rings.